The van der Waals surface area contributed by atoms with Gasteiger partial charge in [-0.2, -0.15) is 0 Å². The van der Waals surface area contributed by atoms with Crippen molar-refractivity contribution in [2.75, 3.05) is 11.9 Å². The molecule has 4 heteroatoms. The Bertz CT molecular complexity index is 500. The molecule has 2 aromatic rings. The first kappa shape index (κ1) is 12.8. The van der Waals surface area contributed by atoms with Crippen LogP contribution in [0, 0.1) is 6.92 Å². The lowest BCUT2D eigenvalue weighted by molar-refractivity contribution is 0.856. The molecular weight excluding hydrogens is 246 g/mol. The quantitative estimate of drug-likeness (QED) is 0.661. The monoisotopic (exact) mass is 261 g/mol. The Balaban J connectivity index is 1.80. The molecule has 18 heavy (non-hydrogen) atoms. The average molecular weight is 262 g/mol. The molecule has 0 aliphatic rings. The molecule has 0 fully saturated rings. The molecule has 0 radical (unpaired) electrons. The lowest BCUT2D eigenvalue weighted by atomic mass is 10.1. The second-order valence-corrected chi connectivity index (χ2v) is 4.52. The van der Waals surface area contributed by atoms with Crippen LogP contribution in [0.15, 0.2) is 36.5 Å². The van der Waals surface area contributed by atoms with Crippen molar-refractivity contribution in [3.05, 3.63) is 52.9 Å². The van der Waals surface area contributed by atoms with Crippen molar-refractivity contribution in [2.24, 2.45) is 0 Å². The fourth-order valence-electron chi connectivity index (χ4n) is 1.74. The number of hydrogen-bond donors (Lipinski definition) is 1. The highest BCUT2D eigenvalue weighted by molar-refractivity contribution is 6.28. The van der Waals surface area contributed by atoms with E-state index in [0.29, 0.717) is 0 Å². The number of halogens is 1. The number of rotatable bonds is 5. The zero-order chi connectivity index (χ0) is 12.8. The van der Waals surface area contributed by atoms with E-state index in [2.05, 4.69) is 39.6 Å². The largest absolute Gasteiger partial charge is 0.370 e. The van der Waals surface area contributed by atoms with Gasteiger partial charge in [-0.15, -0.1) is 0 Å². The predicted molar refractivity (Wildman–Crippen MR) is 75.0 cm³/mol. The van der Waals surface area contributed by atoms with Crippen LogP contribution in [0.3, 0.4) is 0 Å². The second kappa shape index (κ2) is 6.36. The average Bonchev–Trinajstić information content (AvgIpc) is 2.40. The van der Waals surface area contributed by atoms with Crippen LogP contribution in [0.25, 0.3) is 0 Å². The Kier molecular flexibility index (Phi) is 4.53. The van der Waals surface area contributed by atoms with Crippen LogP contribution in [0.4, 0.5) is 5.82 Å². The standard InChI is InChI=1S/C14H16ClN3/c1-11-10-17-14(15)18-13(11)16-9-5-8-12-6-3-2-4-7-12/h2-4,6-7,10H,5,8-9H2,1H3,(H,16,17,18). The molecule has 1 heterocycles. The van der Waals surface area contributed by atoms with E-state index < -0.39 is 0 Å². The molecule has 0 aliphatic carbocycles. The van der Waals surface area contributed by atoms with Gasteiger partial charge in [0.1, 0.15) is 5.82 Å². The summed E-state index contributed by atoms with van der Waals surface area (Å²) in [4.78, 5) is 8.09. The van der Waals surface area contributed by atoms with E-state index in [9.17, 15) is 0 Å². The maximum Gasteiger partial charge on any atom is 0.224 e. The van der Waals surface area contributed by atoms with Crippen molar-refractivity contribution in [3.8, 4) is 0 Å². The van der Waals surface area contributed by atoms with E-state index in [4.69, 9.17) is 11.6 Å². The van der Waals surface area contributed by atoms with Crippen molar-refractivity contribution in [3.63, 3.8) is 0 Å². The summed E-state index contributed by atoms with van der Waals surface area (Å²) in [5.74, 6) is 0.822. The van der Waals surface area contributed by atoms with Crippen LogP contribution in [0.1, 0.15) is 17.5 Å². The summed E-state index contributed by atoms with van der Waals surface area (Å²) in [6.45, 7) is 2.85. The number of aryl methyl sites for hydroxylation is 2. The fourth-order valence-corrected chi connectivity index (χ4v) is 1.88. The SMILES string of the molecule is Cc1cnc(Cl)nc1NCCCc1ccccc1. The first-order valence-corrected chi connectivity index (χ1v) is 6.40. The summed E-state index contributed by atoms with van der Waals surface area (Å²) < 4.78 is 0. The molecule has 94 valence electrons. The molecule has 0 saturated carbocycles. The highest BCUT2D eigenvalue weighted by Crippen LogP contribution is 2.12. The summed E-state index contributed by atoms with van der Waals surface area (Å²) >= 11 is 5.76. The van der Waals surface area contributed by atoms with Gasteiger partial charge in [-0.1, -0.05) is 30.3 Å². The van der Waals surface area contributed by atoms with Gasteiger partial charge < -0.3 is 5.32 Å². The Morgan fingerprint density at radius 3 is 2.78 bits per heavy atom. The van der Waals surface area contributed by atoms with Gasteiger partial charge in [0.2, 0.25) is 5.28 Å². The van der Waals surface area contributed by atoms with Crippen LogP contribution in [0.2, 0.25) is 5.28 Å². The second-order valence-electron chi connectivity index (χ2n) is 4.19. The van der Waals surface area contributed by atoms with Gasteiger partial charge in [0.05, 0.1) is 0 Å². The molecule has 0 bridgehead atoms. The Morgan fingerprint density at radius 1 is 1.22 bits per heavy atom. The smallest absolute Gasteiger partial charge is 0.224 e. The Labute approximate surface area is 112 Å². The van der Waals surface area contributed by atoms with E-state index in [1.165, 1.54) is 5.56 Å². The number of anilines is 1. The van der Waals surface area contributed by atoms with E-state index in [-0.39, 0.29) is 5.28 Å². The highest BCUT2D eigenvalue weighted by atomic mass is 35.5. The first-order valence-electron chi connectivity index (χ1n) is 6.02. The molecule has 0 atom stereocenters. The molecule has 0 saturated heterocycles. The molecule has 0 spiro atoms. The molecule has 3 nitrogen and oxygen atoms in total. The van der Waals surface area contributed by atoms with Crippen molar-refractivity contribution in [1.29, 1.82) is 0 Å². The van der Waals surface area contributed by atoms with Gasteiger partial charge in [-0.25, -0.2) is 9.97 Å². The number of aromatic nitrogens is 2. The lowest BCUT2D eigenvalue weighted by Gasteiger charge is -2.08. The molecule has 0 unspecified atom stereocenters. The zero-order valence-electron chi connectivity index (χ0n) is 10.4. The first-order chi connectivity index (χ1) is 8.75. The normalized spacial score (nSPS) is 10.3. The zero-order valence-corrected chi connectivity index (χ0v) is 11.1. The Hall–Kier alpha value is -1.61. The van der Waals surface area contributed by atoms with Crippen LogP contribution in [-0.4, -0.2) is 16.5 Å². The topological polar surface area (TPSA) is 37.8 Å². The molecule has 2 rings (SSSR count). The van der Waals surface area contributed by atoms with Crippen LogP contribution in [0.5, 0.6) is 0 Å². The molecule has 1 aromatic heterocycles. The number of hydrogen-bond acceptors (Lipinski definition) is 3. The third kappa shape index (κ3) is 3.70. The van der Waals surface area contributed by atoms with Gasteiger partial charge in [-0.05, 0) is 36.9 Å². The van der Waals surface area contributed by atoms with E-state index in [1.807, 2.05) is 13.0 Å². The van der Waals surface area contributed by atoms with Crippen molar-refractivity contribution >= 4 is 17.4 Å². The van der Waals surface area contributed by atoms with E-state index >= 15 is 0 Å². The van der Waals surface area contributed by atoms with Gasteiger partial charge in [0.25, 0.3) is 0 Å². The van der Waals surface area contributed by atoms with Crippen molar-refractivity contribution in [1.82, 2.24) is 9.97 Å². The minimum atomic E-state index is 0.283. The van der Waals surface area contributed by atoms with Gasteiger partial charge >= 0.3 is 0 Å². The van der Waals surface area contributed by atoms with Crippen molar-refractivity contribution < 1.29 is 0 Å². The van der Waals surface area contributed by atoms with Crippen LogP contribution in [-0.2, 0) is 6.42 Å². The van der Waals surface area contributed by atoms with Gasteiger partial charge in [-0.3, -0.25) is 0 Å². The number of benzene rings is 1. The molecule has 1 N–H and O–H groups in total. The predicted octanol–water partition coefficient (Wildman–Crippen LogP) is 3.48. The maximum atomic E-state index is 5.76. The maximum absolute atomic E-state index is 5.76. The number of nitrogens with zero attached hydrogens (tertiary/aromatic N) is 2. The van der Waals surface area contributed by atoms with Crippen molar-refractivity contribution in [2.45, 2.75) is 19.8 Å². The molecule has 1 aromatic carbocycles. The van der Waals surface area contributed by atoms with E-state index in [1.54, 1.807) is 6.20 Å². The third-order valence-electron chi connectivity index (χ3n) is 2.72. The summed E-state index contributed by atoms with van der Waals surface area (Å²) in [5, 5.41) is 3.57. The summed E-state index contributed by atoms with van der Waals surface area (Å²) in [6, 6.07) is 10.5. The summed E-state index contributed by atoms with van der Waals surface area (Å²) in [5.41, 5.74) is 2.37. The molecular formula is C14H16ClN3. The Morgan fingerprint density at radius 2 is 2.00 bits per heavy atom. The molecule has 0 aliphatic heterocycles. The van der Waals surface area contributed by atoms with Crippen LogP contribution >= 0.6 is 11.6 Å². The fraction of sp³-hybridized carbons (Fsp3) is 0.286. The van der Waals surface area contributed by atoms with Crippen LogP contribution < -0.4 is 5.32 Å². The minimum Gasteiger partial charge on any atom is -0.370 e. The minimum absolute atomic E-state index is 0.283. The van der Waals surface area contributed by atoms with Gasteiger partial charge in [0, 0.05) is 18.3 Å². The summed E-state index contributed by atoms with van der Waals surface area (Å²) in [6.07, 6.45) is 3.85. The number of nitrogens with one attached hydrogen (secondary N) is 1. The highest BCUT2D eigenvalue weighted by Gasteiger charge is 2.01. The van der Waals surface area contributed by atoms with Gasteiger partial charge in [0.15, 0.2) is 0 Å². The third-order valence-corrected chi connectivity index (χ3v) is 2.90. The molecule has 0 amide bonds. The van der Waals surface area contributed by atoms with E-state index in [0.717, 1.165) is 30.8 Å². The summed E-state index contributed by atoms with van der Waals surface area (Å²) in [7, 11) is 0. The lowest BCUT2D eigenvalue weighted by Crippen LogP contribution is -2.06.